The van der Waals surface area contributed by atoms with Gasteiger partial charge in [-0.05, 0) is 19.3 Å². The molecule has 0 bridgehead atoms. The van der Waals surface area contributed by atoms with Gasteiger partial charge in [-0.2, -0.15) is 0 Å². The largest absolute Gasteiger partial charge is 0.353 e. The second kappa shape index (κ2) is 2.85. The molecule has 52 valence electrons. The van der Waals surface area contributed by atoms with Gasteiger partial charge in [0.1, 0.15) is 0 Å². The number of amides is 1. The monoisotopic (exact) mass is 127 g/mol. The Bertz CT molecular complexity index is 107. The summed E-state index contributed by atoms with van der Waals surface area (Å²) in [5.41, 5.74) is 0. The lowest BCUT2D eigenvalue weighted by molar-refractivity contribution is -0.121. The number of hydrogen-bond donors (Lipinski definition) is 1. The van der Waals surface area contributed by atoms with Crippen molar-refractivity contribution in [3.8, 4) is 0 Å². The molecule has 0 aromatic rings. The SMILES string of the molecule is CCC(=O)NC1CCC1. The molecule has 0 aromatic carbocycles. The molecule has 1 amide bonds. The number of hydrogen-bond acceptors (Lipinski definition) is 1. The summed E-state index contributed by atoms with van der Waals surface area (Å²) < 4.78 is 0. The third-order valence-corrected chi connectivity index (χ3v) is 1.79. The van der Waals surface area contributed by atoms with Gasteiger partial charge in [0.25, 0.3) is 0 Å². The van der Waals surface area contributed by atoms with E-state index in [2.05, 4.69) is 5.32 Å². The number of rotatable bonds is 2. The smallest absolute Gasteiger partial charge is 0.219 e. The molecule has 0 heterocycles. The highest BCUT2D eigenvalue weighted by atomic mass is 16.1. The van der Waals surface area contributed by atoms with Crippen LogP contribution < -0.4 is 5.32 Å². The van der Waals surface area contributed by atoms with Crippen molar-refractivity contribution in [2.75, 3.05) is 0 Å². The fraction of sp³-hybridized carbons (Fsp3) is 0.857. The molecule has 0 saturated heterocycles. The molecule has 2 nitrogen and oxygen atoms in total. The molecule has 1 rings (SSSR count). The van der Waals surface area contributed by atoms with E-state index in [4.69, 9.17) is 0 Å². The van der Waals surface area contributed by atoms with Gasteiger partial charge in [0.2, 0.25) is 5.91 Å². The van der Waals surface area contributed by atoms with E-state index in [1.807, 2.05) is 6.92 Å². The van der Waals surface area contributed by atoms with Crippen LogP contribution in [0.15, 0.2) is 0 Å². The second-order valence-corrected chi connectivity index (χ2v) is 2.55. The van der Waals surface area contributed by atoms with E-state index in [0.717, 1.165) is 0 Å². The van der Waals surface area contributed by atoms with E-state index in [9.17, 15) is 4.79 Å². The zero-order valence-electron chi connectivity index (χ0n) is 5.81. The first-order valence-corrected chi connectivity index (χ1v) is 3.62. The Labute approximate surface area is 55.6 Å². The maximum atomic E-state index is 10.7. The van der Waals surface area contributed by atoms with Crippen molar-refractivity contribution in [3.05, 3.63) is 0 Å². The molecule has 1 fully saturated rings. The van der Waals surface area contributed by atoms with Crippen molar-refractivity contribution in [2.45, 2.75) is 38.6 Å². The Balaban J connectivity index is 2.09. The molecule has 0 spiro atoms. The van der Waals surface area contributed by atoms with Crippen LogP contribution in [0.3, 0.4) is 0 Å². The average Bonchev–Trinajstić information content (AvgIpc) is 1.78. The van der Waals surface area contributed by atoms with Crippen LogP contribution in [-0.4, -0.2) is 11.9 Å². The molecule has 0 radical (unpaired) electrons. The molecule has 1 aliphatic carbocycles. The fourth-order valence-corrected chi connectivity index (χ4v) is 0.882. The van der Waals surface area contributed by atoms with Crippen LogP contribution in [0.25, 0.3) is 0 Å². The summed E-state index contributed by atoms with van der Waals surface area (Å²) in [7, 11) is 0. The summed E-state index contributed by atoms with van der Waals surface area (Å²) in [6.45, 7) is 1.88. The zero-order valence-corrected chi connectivity index (χ0v) is 5.81. The second-order valence-electron chi connectivity index (χ2n) is 2.55. The van der Waals surface area contributed by atoms with Crippen LogP contribution in [0.4, 0.5) is 0 Å². The summed E-state index contributed by atoms with van der Waals surface area (Å²) >= 11 is 0. The molecule has 0 unspecified atom stereocenters. The highest BCUT2D eigenvalue weighted by Crippen LogP contribution is 2.17. The first-order chi connectivity index (χ1) is 4.33. The van der Waals surface area contributed by atoms with Crippen molar-refractivity contribution in [1.82, 2.24) is 5.32 Å². The number of nitrogens with one attached hydrogen (secondary N) is 1. The van der Waals surface area contributed by atoms with Crippen LogP contribution in [0, 0.1) is 0 Å². The summed E-state index contributed by atoms with van der Waals surface area (Å²) in [5, 5.41) is 2.93. The Morgan fingerprint density at radius 1 is 1.67 bits per heavy atom. The summed E-state index contributed by atoms with van der Waals surface area (Å²) in [5.74, 6) is 0.194. The third kappa shape index (κ3) is 1.70. The third-order valence-electron chi connectivity index (χ3n) is 1.79. The maximum absolute atomic E-state index is 10.7. The van der Waals surface area contributed by atoms with E-state index < -0.39 is 0 Å². The zero-order chi connectivity index (χ0) is 6.69. The quantitative estimate of drug-likeness (QED) is 0.590. The normalized spacial score (nSPS) is 18.8. The lowest BCUT2D eigenvalue weighted by Gasteiger charge is -2.25. The molecule has 0 aromatic heterocycles. The van der Waals surface area contributed by atoms with Crippen LogP contribution >= 0.6 is 0 Å². The van der Waals surface area contributed by atoms with Gasteiger partial charge < -0.3 is 5.32 Å². The highest BCUT2D eigenvalue weighted by Gasteiger charge is 2.17. The maximum Gasteiger partial charge on any atom is 0.219 e. The lowest BCUT2D eigenvalue weighted by Crippen LogP contribution is -2.38. The molecule has 0 atom stereocenters. The van der Waals surface area contributed by atoms with Gasteiger partial charge in [-0.3, -0.25) is 4.79 Å². The predicted molar refractivity (Wildman–Crippen MR) is 36.1 cm³/mol. The van der Waals surface area contributed by atoms with Gasteiger partial charge in [0.05, 0.1) is 0 Å². The van der Waals surface area contributed by atoms with E-state index in [1.54, 1.807) is 0 Å². The van der Waals surface area contributed by atoms with Crippen molar-refractivity contribution in [2.24, 2.45) is 0 Å². The predicted octanol–water partition coefficient (Wildman–Crippen LogP) is 1.07. The minimum Gasteiger partial charge on any atom is -0.353 e. The summed E-state index contributed by atoms with van der Waals surface area (Å²) in [6, 6.07) is 0.512. The molecule has 0 aliphatic heterocycles. The summed E-state index contributed by atoms with van der Waals surface area (Å²) in [4.78, 5) is 10.7. The van der Waals surface area contributed by atoms with Crippen LogP contribution in [0.2, 0.25) is 0 Å². The van der Waals surface area contributed by atoms with Crippen LogP contribution in [0.5, 0.6) is 0 Å². The topological polar surface area (TPSA) is 29.1 Å². The molecule has 1 saturated carbocycles. The van der Waals surface area contributed by atoms with Gasteiger partial charge in [0.15, 0.2) is 0 Å². The summed E-state index contributed by atoms with van der Waals surface area (Å²) in [6.07, 6.45) is 4.28. The van der Waals surface area contributed by atoms with Crippen molar-refractivity contribution < 1.29 is 4.79 Å². The van der Waals surface area contributed by atoms with Gasteiger partial charge in [-0.15, -0.1) is 0 Å². The first-order valence-electron chi connectivity index (χ1n) is 3.62. The molecule has 1 aliphatic rings. The van der Waals surface area contributed by atoms with Crippen molar-refractivity contribution >= 4 is 5.91 Å². The molecular formula is C7H13NO. The van der Waals surface area contributed by atoms with Gasteiger partial charge in [0, 0.05) is 12.5 Å². The van der Waals surface area contributed by atoms with Crippen LogP contribution in [0.1, 0.15) is 32.6 Å². The minimum absolute atomic E-state index is 0.194. The van der Waals surface area contributed by atoms with Gasteiger partial charge in [-0.1, -0.05) is 6.92 Å². The van der Waals surface area contributed by atoms with Gasteiger partial charge in [-0.25, -0.2) is 0 Å². The highest BCUT2D eigenvalue weighted by molar-refractivity contribution is 5.75. The Morgan fingerprint density at radius 3 is 2.67 bits per heavy atom. The molecule has 1 N–H and O–H groups in total. The fourth-order valence-electron chi connectivity index (χ4n) is 0.882. The van der Waals surface area contributed by atoms with Crippen LogP contribution in [-0.2, 0) is 4.79 Å². The molecule has 2 heteroatoms. The van der Waals surface area contributed by atoms with Crippen molar-refractivity contribution in [3.63, 3.8) is 0 Å². The average molecular weight is 127 g/mol. The Kier molecular flexibility index (Phi) is 2.09. The van der Waals surface area contributed by atoms with Gasteiger partial charge >= 0.3 is 0 Å². The van der Waals surface area contributed by atoms with E-state index in [1.165, 1.54) is 19.3 Å². The Morgan fingerprint density at radius 2 is 2.33 bits per heavy atom. The number of carbonyl (C=O) groups excluding carboxylic acids is 1. The Hall–Kier alpha value is -0.530. The molecular weight excluding hydrogens is 114 g/mol. The lowest BCUT2D eigenvalue weighted by atomic mass is 9.93. The first kappa shape index (κ1) is 6.59. The van der Waals surface area contributed by atoms with E-state index in [-0.39, 0.29) is 5.91 Å². The number of carbonyl (C=O) groups is 1. The standard InChI is InChI=1S/C7H13NO/c1-2-7(9)8-6-4-3-5-6/h6H,2-5H2,1H3,(H,8,9). The van der Waals surface area contributed by atoms with E-state index >= 15 is 0 Å². The molecule has 9 heavy (non-hydrogen) atoms. The van der Waals surface area contributed by atoms with E-state index in [0.29, 0.717) is 12.5 Å². The minimum atomic E-state index is 0.194. The van der Waals surface area contributed by atoms with Crippen molar-refractivity contribution in [1.29, 1.82) is 0 Å².